The lowest BCUT2D eigenvalue weighted by Crippen LogP contribution is -2.27. The van der Waals surface area contributed by atoms with Crippen molar-refractivity contribution in [3.8, 4) is 0 Å². The highest BCUT2D eigenvalue weighted by atomic mass is 32.2. The van der Waals surface area contributed by atoms with Crippen LogP contribution in [0.3, 0.4) is 0 Å². The van der Waals surface area contributed by atoms with Crippen molar-refractivity contribution in [2.75, 3.05) is 14.1 Å². The predicted octanol–water partition coefficient (Wildman–Crippen LogP) is 3.03. The molecule has 1 N–H and O–H groups in total. The van der Waals surface area contributed by atoms with Gasteiger partial charge in [-0.3, -0.25) is 0 Å². The molecule has 0 heterocycles. The lowest BCUT2D eigenvalue weighted by Gasteiger charge is -2.15. The largest absolute Gasteiger partial charge is 0.446 e. The van der Waals surface area contributed by atoms with Crippen molar-refractivity contribution in [1.29, 1.82) is 0 Å². The van der Waals surface area contributed by atoms with Crippen LogP contribution in [0.2, 0.25) is 0 Å². The minimum atomic E-state index is -4.47. The molecule has 0 radical (unpaired) electrons. The zero-order valence-corrected chi connectivity index (χ0v) is 17.2. The van der Waals surface area contributed by atoms with Crippen LogP contribution in [-0.4, -0.2) is 40.7 Å². The maximum Gasteiger partial charge on any atom is 0.446 e. The number of nitrogens with one attached hydrogen (secondary N) is 1. The first-order chi connectivity index (χ1) is 12.8. The average molecular weight is 455 g/mol. The highest BCUT2D eigenvalue weighted by molar-refractivity contribution is 8.00. The van der Waals surface area contributed by atoms with Gasteiger partial charge in [0.25, 0.3) is 0 Å². The second-order valence-corrected chi connectivity index (χ2v) is 10.8. The summed E-state index contributed by atoms with van der Waals surface area (Å²) in [5, 5.41) is 0. The van der Waals surface area contributed by atoms with Crippen molar-refractivity contribution < 1.29 is 30.0 Å². The van der Waals surface area contributed by atoms with Crippen LogP contribution in [0, 0.1) is 0 Å². The molecule has 0 saturated heterocycles. The monoisotopic (exact) mass is 454 g/mol. The highest BCUT2D eigenvalue weighted by Gasteiger charge is 2.29. The van der Waals surface area contributed by atoms with Gasteiger partial charge in [-0.1, -0.05) is 18.2 Å². The maximum atomic E-state index is 12.4. The lowest BCUT2D eigenvalue weighted by molar-refractivity contribution is -0.0328. The van der Waals surface area contributed by atoms with E-state index < -0.39 is 25.6 Å². The van der Waals surface area contributed by atoms with Crippen LogP contribution in [-0.2, 0) is 26.6 Å². The molecule has 0 amide bonds. The first kappa shape index (κ1) is 22.7. The highest BCUT2D eigenvalue weighted by Crippen LogP contribution is 2.36. The Morgan fingerprint density at radius 3 is 2.07 bits per heavy atom. The molecule has 12 heteroatoms. The standard InChI is InChI=1S/C16H17F3N2O4S3/c1-21(2)28(24,25)15-6-4-3-5-12(15)11-20-27(22,23)14-9-7-13(8-10-14)26-16(17,18)19/h3-10,20H,11H2,1-2H3. The first-order valence-corrected chi connectivity index (χ1v) is 11.4. The number of benzene rings is 2. The van der Waals surface area contributed by atoms with E-state index in [1.807, 2.05) is 0 Å². The minimum Gasteiger partial charge on any atom is -0.207 e. The quantitative estimate of drug-likeness (QED) is 0.651. The zero-order valence-electron chi connectivity index (χ0n) is 14.8. The predicted molar refractivity (Wildman–Crippen MR) is 99.7 cm³/mol. The van der Waals surface area contributed by atoms with E-state index in [0.717, 1.165) is 28.6 Å². The molecule has 0 atom stereocenters. The molecule has 0 bridgehead atoms. The number of sulfonamides is 2. The van der Waals surface area contributed by atoms with Gasteiger partial charge < -0.3 is 0 Å². The Morgan fingerprint density at radius 1 is 0.964 bits per heavy atom. The van der Waals surface area contributed by atoms with Gasteiger partial charge in [-0.2, -0.15) is 13.2 Å². The number of hydrogen-bond donors (Lipinski definition) is 1. The van der Waals surface area contributed by atoms with Crippen molar-refractivity contribution in [1.82, 2.24) is 9.03 Å². The van der Waals surface area contributed by atoms with Crippen LogP contribution in [0.15, 0.2) is 63.2 Å². The summed E-state index contributed by atoms with van der Waals surface area (Å²) in [6, 6.07) is 10.1. The summed E-state index contributed by atoms with van der Waals surface area (Å²) in [7, 11) is -5.11. The molecule has 2 aromatic rings. The van der Waals surface area contributed by atoms with Gasteiger partial charge in [0.15, 0.2) is 0 Å². The molecule has 0 fully saturated rings. The van der Waals surface area contributed by atoms with E-state index in [9.17, 15) is 30.0 Å². The zero-order chi connectivity index (χ0) is 21.2. The Morgan fingerprint density at radius 2 is 1.54 bits per heavy atom. The molecule has 2 rings (SSSR count). The fraction of sp³-hybridized carbons (Fsp3) is 0.250. The van der Waals surface area contributed by atoms with Gasteiger partial charge in [-0.25, -0.2) is 25.9 Å². The van der Waals surface area contributed by atoms with Crippen molar-refractivity contribution in [2.45, 2.75) is 26.7 Å². The van der Waals surface area contributed by atoms with E-state index >= 15 is 0 Å². The molecule has 0 saturated carbocycles. The van der Waals surface area contributed by atoms with Gasteiger partial charge in [0.05, 0.1) is 9.79 Å². The lowest BCUT2D eigenvalue weighted by atomic mass is 10.2. The van der Waals surface area contributed by atoms with Gasteiger partial charge in [0, 0.05) is 25.5 Å². The Hall–Kier alpha value is -1.60. The van der Waals surface area contributed by atoms with Gasteiger partial charge in [0.2, 0.25) is 20.0 Å². The van der Waals surface area contributed by atoms with Crippen molar-refractivity contribution in [3.05, 3.63) is 54.1 Å². The molecule has 0 spiro atoms. The summed E-state index contributed by atoms with van der Waals surface area (Å²) in [6.45, 7) is -0.301. The molecule has 0 aliphatic heterocycles. The fourth-order valence-corrected chi connectivity index (χ4v) is 4.84. The topological polar surface area (TPSA) is 83.6 Å². The molecule has 0 aliphatic carbocycles. The number of halogens is 3. The average Bonchev–Trinajstić information content (AvgIpc) is 2.59. The molecule has 0 aromatic heterocycles. The summed E-state index contributed by atoms with van der Waals surface area (Å²) in [5.41, 5.74) is -4.23. The summed E-state index contributed by atoms with van der Waals surface area (Å²) in [4.78, 5) is -0.416. The number of alkyl halides is 3. The Kier molecular flexibility index (Phi) is 6.82. The second-order valence-electron chi connectivity index (χ2n) is 5.74. The van der Waals surface area contributed by atoms with E-state index in [4.69, 9.17) is 0 Å². The molecule has 2 aromatic carbocycles. The van der Waals surface area contributed by atoms with E-state index in [0.29, 0.717) is 0 Å². The van der Waals surface area contributed by atoms with Crippen molar-refractivity contribution in [2.24, 2.45) is 0 Å². The van der Waals surface area contributed by atoms with Crippen LogP contribution in [0.4, 0.5) is 13.2 Å². The molecule has 28 heavy (non-hydrogen) atoms. The van der Waals surface area contributed by atoms with E-state index in [1.54, 1.807) is 6.07 Å². The van der Waals surface area contributed by atoms with E-state index in [2.05, 4.69) is 4.72 Å². The molecule has 154 valence electrons. The van der Waals surface area contributed by atoms with Crippen molar-refractivity contribution >= 4 is 31.8 Å². The van der Waals surface area contributed by atoms with Crippen LogP contribution in [0.1, 0.15) is 5.56 Å². The first-order valence-electron chi connectivity index (χ1n) is 7.69. The van der Waals surface area contributed by atoms with Crippen LogP contribution in [0.25, 0.3) is 0 Å². The second kappa shape index (κ2) is 8.41. The molecule has 0 aliphatic rings. The third-order valence-electron chi connectivity index (χ3n) is 3.55. The Bertz CT molecular complexity index is 1040. The van der Waals surface area contributed by atoms with Gasteiger partial charge in [-0.05, 0) is 47.7 Å². The van der Waals surface area contributed by atoms with E-state index in [-0.39, 0.29) is 38.6 Å². The summed E-state index contributed by atoms with van der Waals surface area (Å²) < 4.78 is 89.8. The normalized spacial score (nSPS) is 13.1. The summed E-state index contributed by atoms with van der Waals surface area (Å²) in [5.74, 6) is 0. The Balaban J connectivity index is 2.21. The SMILES string of the molecule is CN(C)S(=O)(=O)c1ccccc1CNS(=O)(=O)c1ccc(SC(F)(F)F)cc1. The van der Waals surface area contributed by atoms with Gasteiger partial charge >= 0.3 is 5.51 Å². The summed E-state index contributed by atoms with van der Waals surface area (Å²) in [6.07, 6.45) is 0. The van der Waals surface area contributed by atoms with E-state index in [1.165, 1.54) is 32.3 Å². The number of thioether (sulfide) groups is 1. The number of rotatable bonds is 7. The number of hydrogen-bond acceptors (Lipinski definition) is 5. The Labute approximate surface area is 165 Å². The summed E-state index contributed by atoms with van der Waals surface area (Å²) >= 11 is -0.349. The number of nitrogens with zero attached hydrogens (tertiary/aromatic N) is 1. The van der Waals surface area contributed by atoms with Gasteiger partial charge in [0.1, 0.15) is 0 Å². The third kappa shape index (κ3) is 5.70. The molecule has 6 nitrogen and oxygen atoms in total. The molecular weight excluding hydrogens is 437 g/mol. The minimum absolute atomic E-state index is 0.0420. The van der Waals surface area contributed by atoms with Gasteiger partial charge in [-0.15, -0.1) is 0 Å². The van der Waals surface area contributed by atoms with Crippen LogP contribution < -0.4 is 4.72 Å². The van der Waals surface area contributed by atoms with Crippen LogP contribution in [0.5, 0.6) is 0 Å². The maximum absolute atomic E-state index is 12.4. The third-order valence-corrected chi connectivity index (χ3v) is 7.62. The van der Waals surface area contributed by atoms with Crippen LogP contribution >= 0.6 is 11.8 Å². The molecule has 0 unspecified atom stereocenters. The smallest absolute Gasteiger partial charge is 0.207 e. The fourth-order valence-electron chi connectivity index (χ4n) is 2.17. The molecular formula is C16H17F3N2O4S3. The van der Waals surface area contributed by atoms with Crippen molar-refractivity contribution in [3.63, 3.8) is 0 Å².